The quantitative estimate of drug-likeness (QED) is 0.824. The third-order valence-electron chi connectivity index (χ3n) is 6.98. The van der Waals surface area contributed by atoms with Gasteiger partial charge in [-0.2, -0.15) is 0 Å². The van der Waals surface area contributed by atoms with Crippen LogP contribution in [0.4, 0.5) is 4.79 Å². The number of fused-ring (bicyclic) bond motifs is 1. The topological polar surface area (TPSA) is 84.7 Å². The molecule has 2 aliphatic heterocycles. The largest absolute Gasteiger partial charge is 0.370 e. The predicted molar refractivity (Wildman–Crippen MR) is 89.2 cm³/mol. The lowest BCUT2D eigenvalue weighted by molar-refractivity contribution is -0.128. The van der Waals surface area contributed by atoms with Crippen LogP contribution in [0.3, 0.4) is 0 Å². The van der Waals surface area contributed by atoms with E-state index in [1.165, 1.54) is 25.7 Å². The summed E-state index contributed by atoms with van der Waals surface area (Å²) in [5.74, 6) is 0.00726. The second-order valence-corrected chi connectivity index (χ2v) is 8.34. The standard InChI is InChI=1S/C18H29N3O3/c19-15(22)18-8-3-4-13(18)11-21(12-18)16(23)20-10-14-5-9-17(24-14)6-1-2-7-17/h13-14H,1-12H2,(H2,19,22)(H,20,23)/t13-,14?,18-/m0/s1. The summed E-state index contributed by atoms with van der Waals surface area (Å²) in [6.07, 6.45) is 10.1. The van der Waals surface area contributed by atoms with E-state index in [1.807, 2.05) is 0 Å². The average molecular weight is 335 g/mol. The van der Waals surface area contributed by atoms with Gasteiger partial charge in [-0.05, 0) is 44.4 Å². The number of hydrogen-bond donors (Lipinski definition) is 2. The molecule has 3 amide bonds. The Morgan fingerprint density at radius 1 is 1.12 bits per heavy atom. The van der Waals surface area contributed by atoms with Crippen molar-refractivity contribution >= 4 is 11.9 Å². The smallest absolute Gasteiger partial charge is 0.317 e. The summed E-state index contributed by atoms with van der Waals surface area (Å²) in [4.78, 5) is 26.2. The van der Waals surface area contributed by atoms with Crippen molar-refractivity contribution in [3.8, 4) is 0 Å². The number of ether oxygens (including phenoxy) is 1. The molecule has 0 aromatic heterocycles. The average Bonchev–Trinajstić information content (AvgIpc) is 3.29. The second-order valence-electron chi connectivity index (χ2n) is 8.34. The summed E-state index contributed by atoms with van der Waals surface area (Å²) in [6, 6.07) is -0.0685. The molecule has 24 heavy (non-hydrogen) atoms. The number of hydrogen-bond acceptors (Lipinski definition) is 3. The lowest BCUT2D eigenvalue weighted by atomic mass is 9.80. The third-order valence-corrected chi connectivity index (χ3v) is 6.98. The van der Waals surface area contributed by atoms with Crippen LogP contribution in [0.5, 0.6) is 0 Å². The van der Waals surface area contributed by atoms with Gasteiger partial charge in [0.1, 0.15) is 0 Å². The zero-order chi connectivity index (χ0) is 16.8. The molecular weight excluding hydrogens is 306 g/mol. The van der Waals surface area contributed by atoms with Crippen molar-refractivity contribution in [3.05, 3.63) is 0 Å². The van der Waals surface area contributed by atoms with Gasteiger partial charge in [0, 0.05) is 19.6 Å². The minimum absolute atomic E-state index is 0.0685. The molecule has 4 fully saturated rings. The molecule has 0 aromatic rings. The molecule has 2 heterocycles. The first kappa shape index (κ1) is 16.2. The van der Waals surface area contributed by atoms with Crippen LogP contribution in [0.15, 0.2) is 0 Å². The molecule has 0 radical (unpaired) electrons. The van der Waals surface area contributed by atoms with E-state index in [0.717, 1.165) is 32.1 Å². The van der Waals surface area contributed by atoms with Crippen LogP contribution in [-0.2, 0) is 9.53 Å². The molecule has 0 aromatic carbocycles. The molecule has 3 N–H and O–H groups in total. The highest BCUT2D eigenvalue weighted by atomic mass is 16.5. The number of carbonyl (C=O) groups is 2. The van der Waals surface area contributed by atoms with Crippen molar-refractivity contribution < 1.29 is 14.3 Å². The highest BCUT2D eigenvalue weighted by molar-refractivity contribution is 5.84. The molecule has 4 rings (SSSR count). The highest BCUT2D eigenvalue weighted by Gasteiger charge is 2.54. The number of rotatable bonds is 3. The molecule has 3 atom stereocenters. The summed E-state index contributed by atoms with van der Waals surface area (Å²) in [7, 11) is 0. The number of nitrogens with zero attached hydrogens (tertiary/aromatic N) is 1. The number of urea groups is 1. The first-order chi connectivity index (χ1) is 11.5. The number of nitrogens with two attached hydrogens (primary N) is 1. The van der Waals surface area contributed by atoms with E-state index in [9.17, 15) is 9.59 Å². The van der Waals surface area contributed by atoms with E-state index in [-0.39, 0.29) is 29.6 Å². The van der Waals surface area contributed by atoms with Gasteiger partial charge in [-0.25, -0.2) is 4.79 Å². The van der Waals surface area contributed by atoms with Crippen molar-refractivity contribution in [1.82, 2.24) is 10.2 Å². The first-order valence-corrected chi connectivity index (χ1v) is 9.54. The van der Waals surface area contributed by atoms with Gasteiger partial charge in [0.25, 0.3) is 0 Å². The summed E-state index contributed by atoms with van der Waals surface area (Å²) >= 11 is 0. The minimum atomic E-state index is -0.477. The van der Waals surface area contributed by atoms with Crippen molar-refractivity contribution in [2.24, 2.45) is 17.1 Å². The van der Waals surface area contributed by atoms with Gasteiger partial charge < -0.3 is 20.7 Å². The van der Waals surface area contributed by atoms with E-state index in [2.05, 4.69) is 5.32 Å². The summed E-state index contributed by atoms with van der Waals surface area (Å²) in [5, 5.41) is 3.03. The lowest BCUT2D eigenvalue weighted by Crippen LogP contribution is -2.45. The maximum Gasteiger partial charge on any atom is 0.317 e. The van der Waals surface area contributed by atoms with E-state index in [1.54, 1.807) is 4.90 Å². The number of likely N-dealkylation sites (tertiary alicyclic amines) is 1. The zero-order valence-electron chi connectivity index (χ0n) is 14.4. The molecule has 0 bridgehead atoms. The Kier molecular flexibility index (Phi) is 3.98. The molecule has 2 saturated heterocycles. The van der Waals surface area contributed by atoms with E-state index in [4.69, 9.17) is 10.5 Å². The maximum atomic E-state index is 12.5. The fraction of sp³-hybridized carbons (Fsp3) is 0.889. The number of carbonyl (C=O) groups excluding carboxylic acids is 2. The Morgan fingerprint density at radius 3 is 2.62 bits per heavy atom. The molecule has 6 heteroatoms. The van der Waals surface area contributed by atoms with Crippen LogP contribution < -0.4 is 11.1 Å². The summed E-state index contributed by atoms with van der Waals surface area (Å²) in [5.41, 5.74) is 5.29. The van der Waals surface area contributed by atoms with Crippen molar-refractivity contribution in [1.29, 1.82) is 0 Å². The van der Waals surface area contributed by atoms with Gasteiger partial charge >= 0.3 is 6.03 Å². The Morgan fingerprint density at radius 2 is 1.92 bits per heavy atom. The first-order valence-electron chi connectivity index (χ1n) is 9.54. The van der Waals surface area contributed by atoms with Gasteiger partial charge in [-0.1, -0.05) is 19.3 Å². The molecule has 134 valence electrons. The molecule has 6 nitrogen and oxygen atoms in total. The van der Waals surface area contributed by atoms with Crippen molar-refractivity contribution in [2.75, 3.05) is 19.6 Å². The minimum Gasteiger partial charge on any atom is -0.370 e. The molecule has 4 aliphatic rings. The number of primary amides is 1. The van der Waals surface area contributed by atoms with E-state index < -0.39 is 5.41 Å². The Balaban J connectivity index is 1.29. The van der Waals surface area contributed by atoms with E-state index >= 15 is 0 Å². The normalized spacial score (nSPS) is 37.1. The predicted octanol–water partition coefficient (Wildman–Crippen LogP) is 1.78. The molecule has 2 aliphatic carbocycles. The van der Waals surface area contributed by atoms with Crippen LogP contribution in [0.25, 0.3) is 0 Å². The molecule has 2 saturated carbocycles. The van der Waals surface area contributed by atoms with Crippen LogP contribution in [0.2, 0.25) is 0 Å². The van der Waals surface area contributed by atoms with Gasteiger partial charge in [-0.15, -0.1) is 0 Å². The monoisotopic (exact) mass is 335 g/mol. The third kappa shape index (κ3) is 2.59. The molecule has 1 spiro atoms. The Hall–Kier alpha value is -1.30. The van der Waals surface area contributed by atoms with Gasteiger partial charge in [0.2, 0.25) is 5.91 Å². The Labute approximate surface area is 143 Å². The highest BCUT2D eigenvalue weighted by Crippen LogP contribution is 2.48. The van der Waals surface area contributed by atoms with Gasteiger partial charge in [0.05, 0.1) is 17.1 Å². The van der Waals surface area contributed by atoms with E-state index in [0.29, 0.717) is 19.6 Å². The van der Waals surface area contributed by atoms with Gasteiger partial charge in [-0.3, -0.25) is 4.79 Å². The van der Waals surface area contributed by atoms with Crippen molar-refractivity contribution in [2.45, 2.75) is 69.5 Å². The summed E-state index contributed by atoms with van der Waals surface area (Å²) in [6.45, 7) is 1.71. The van der Waals surface area contributed by atoms with Crippen LogP contribution >= 0.6 is 0 Å². The van der Waals surface area contributed by atoms with Crippen LogP contribution in [0.1, 0.15) is 57.8 Å². The fourth-order valence-corrected chi connectivity index (χ4v) is 5.59. The fourth-order valence-electron chi connectivity index (χ4n) is 5.59. The number of nitrogens with one attached hydrogen (secondary N) is 1. The van der Waals surface area contributed by atoms with Crippen molar-refractivity contribution in [3.63, 3.8) is 0 Å². The van der Waals surface area contributed by atoms with Crippen LogP contribution in [-0.4, -0.2) is 48.2 Å². The SMILES string of the molecule is NC(=O)[C@]12CCC[C@H]1CN(C(=O)NCC1CCC3(CCCC3)O1)C2. The zero-order valence-corrected chi connectivity index (χ0v) is 14.4. The van der Waals surface area contributed by atoms with Crippen LogP contribution in [0, 0.1) is 11.3 Å². The maximum absolute atomic E-state index is 12.5. The van der Waals surface area contributed by atoms with Gasteiger partial charge in [0.15, 0.2) is 0 Å². The second kappa shape index (κ2) is 5.90. The number of amides is 3. The molecule has 1 unspecified atom stereocenters. The summed E-state index contributed by atoms with van der Waals surface area (Å²) < 4.78 is 6.25. The molecular formula is C18H29N3O3. The Bertz CT molecular complexity index is 532. The lowest BCUT2D eigenvalue weighted by Gasteiger charge is -2.26.